The van der Waals surface area contributed by atoms with E-state index in [2.05, 4.69) is 204 Å². The summed E-state index contributed by atoms with van der Waals surface area (Å²) in [7, 11) is 0. The van der Waals surface area contributed by atoms with E-state index in [1.54, 1.807) is 0 Å². The molecule has 0 amide bonds. The Kier molecular flexibility index (Phi) is 6.72. The molecule has 8 aromatic carbocycles. The van der Waals surface area contributed by atoms with Crippen LogP contribution in [0.2, 0.25) is 0 Å². The van der Waals surface area contributed by atoms with Crippen molar-refractivity contribution in [1.82, 2.24) is 4.57 Å². The first-order chi connectivity index (χ1) is 30.8. The lowest BCUT2D eigenvalue weighted by atomic mass is 9.43. The van der Waals surface area contributed by atoms with Crippen molar-refractivity contribution in [2.45, 2.75) is 71.6 Å². The maximum absolute atomic E-state index is 7.25. The van der Waals surface area contributed by atoms with Crippen LogP contribution in [0.4, 0.5) is 11.4 Å². The molecule has 308 valence electrons. The number of hydrogen-bond donors (Lipinski definition) is 0. The monoisotopic (exact) mass is 826 g/mol. The zero-order valence-electron chi connectivity index (χ0n) is 37.6. The number of rotatable bonds is 1. The molecular formula is C59H47BN2O2. The van der Waals surface area contributed by atoms with Crippen LogP contribution >= 0.6 is 0 Å². The van der Waals surface area contributed by atoms with Gasteiger partial charge in [-0.15, -0.1) is 0 Å². The van der Waals surface area contributed by atoms with Gasteiger partial charge in [-0.2, -0.15) is 0 Å². The molecule has 2 aliphatic heterocycles. The van der Waals surface area contributed by atoms with Gasteiger partial charge in [-0.05, 0) is 121 Å². The molecule has 64 heavy (non-hydrogen) atoms. The normalized spacial score (nSPS) is 14.9. The lowest BCUT2D eigenvalue weighted by Gasteiger charge is -2.43. The van der Waals surface area contributed by atoms with Gasteiger partial charge in [-0.3, -0.25) is 0 Å². The maximum Gasteiger partial charge on any atom is 0.333 e. The molecule has 4 nitrogen and oxygen atoms in total. The van der Waals surface area contributed by atoms with E-state index in [0.717, 1.165) is 38.5 Å². The third kappa shape index (κ3) is 4.49. The van der Waals surface area contributed by atoms with Crippen LogP contribution in [-0.4, -0.2) is 11.4 Å². The van der Waals surface area contributed by atoms with Gasteiger partial charge in [0.2, 0.25) is 0 Å². The second kappa shape index (κ2) is 11.8. The first-order valence-corrected chi connectivity index (χ1v) is 22.9. The summed E-state index contributed by atoms with van der Waals surface area (Å²) in [6.07, 6.45) is 0. The molecule has 0 N–H and O–H groups in total. The molecule has 0 bridgehead atoms. The third-order valence-electron chi connectivity index (χ3n) is 15.3. The van der Waals surface area contributed by atoms with Crippen molar-refractivity contribution in [3.63, 3.8) is 0 Å². The molecule has 3 aliphatic rings. The molecular weight excluding hydrogens is 779 g/mol. The molecule has 0 fully saturated rings. The van der Waals surface area contributed by atoms with E-state index in [1.807, 2.05) is 0 Å². The second-order valence-corrected chi connectivity index (χ2v) is 21.3. The fourth-order valence-corrected chi connectivity index (χ4v) is 12.1. The van der Waals surface area contributed by atoms with Crippen molar-refractivity contribution in [1.29, 1.82) is 0 Å². The first-order valence-electron chi connectivity index (χ1n) is 22.9. The maximum atomic E-state index is 7.25. The SMILES string of the molecule is CC(C)(C)c1ccc(N2B3c4cc5oc6ccccc6c5cc4-n4c5ccc(C(C)(C)C)cc5c5c6oc7ccccc7c6c(c3c54)-c3cc4c(cc32)C(C)(C)c2ccccc2-4)cc1. The number of aromatic nitrogens is 1. The van der Waals surface area contributed by atoms with Crippen LogP contribution in [0.15, 0.2) is 148 Å². The third-order valence-corrected chi connectivity index (χ3v) is 15.3. The number of para-hydroxylation sites is 2. The Hall–Kier alpha value is -6.98. The van der Waals surface area contributed by atoms with Gasteiger partial charge in [-0.25, -0.2) is 0 Å². The quantitative estimate of drug-likeness (QED) is 0.155. The lowest BCUT2D eigenvalue weighted by molar-refractivity contribution is 0.590. The summed E-state index contributed by atoms with van der Waals surface area (Å²) < 4.78 is 16.6. The van der Waals surface area contributed by atoms with Crippen molar-refractivity contribution in [2.75, 3.05) is 4.81 Å². The Labute approximate surface area is 372 Å². The van der Waals surface area contributed by atoms with Gasteiger partial charge in [0.05, 0.1) is 16.4 Å². The Morgan fingerprint density at radius 3 is 1.97 bits per heavy atom. The van der Waals surface area contributed by atoms with Crippen molar-refractivity contribution in [2.24, 2.45) is 0 Å². The van der Waals surface area contributed by atoms with E-state index >= 15 is 0 Å². The predicted octanol–water partition coefficient (Wildman–Crippen LogP) is 14.7. The zero-order chi connectivity index (χ0) is 43.3. The molecule has 5 heteroatoms. The van der Waals surface area contributed by atoms with Crippen molar-refractivity contribution in [3.8, 4) is 27.9 Å². The molecule has 1 aliphatic carbocycles. The van der Waals surface area contributed by atoms with Crippen LogP contribution in [0.3, 0.4) is 0 Å². The molecule has 3 aromatic heterocycles. The summed E-state index contributed by atoms with van der Waals surface area (Å²) in [5.41, 5.74) is 22.4. The highest BCUT2D eigenvalue weighted by atomic mass is 16.3. The number of hydrogen-bond acceptors (Lipinski definition) is 3. The molecule has 0 radical (unpaired) electrons. The molecule has 0 saturated carbocycles. The van der Waals surface area contributed by atoms with Crippen LogP contribution in [0.25, 0.3) is 93.6 Å². The smallest absolute Gasteiger partial charge is 0.333 e. The molecule has 0 spiro atoms. The van der Waals surface area contributed by atoms with E-state index in [4.69, 9.17) is 8.83 Å². The average molecular weight is 827 g/mol. The van der Waals surface area contributed by atoms with Gasteiger partial charge >= 0.3 is 6.85 Å². The topological polar surface area (TPSA) is 34.5 Å². The lowest BCUT2D eigenvalue weighted by Crippen LogP contribution is -2.60. The molecule has 5 heterocycles. The van der Waals surface area contributed by atoms with Gasteiger partial charge in [0.15, 0.2) is 0 Å². The molecule has 0 atom stereocenters. The Morgan fingerprint density at radius 1 is 0.516 bits per heavy atom. The van der Waals surface area contributed by atoms with Gasteiger partial charge in [0, 0.05) is 55.0 Å². The fraction of sp³-hybridized carbons (Fsp3) is 0.186. The van der Waals surface area contributed by atoms with Gasteiger partial charge < -0.3 is 18.2 Å². The first kappa shape index (κ1) is 36.5. The van der Waals surface area contributed by atoms with Gasteiger partial charge in [0.25, 0.3) is 0 Å². The second-order valence-electron chi connectivity index (χ2n) is 21.3. The van der Waals surface area contributed by atoms with Crippen LogP contribution in [0, 0.1) is 0 Å². The summed E-state index contributed by atoms with van der Waals surface area (Å²) in [5.74, 6) is 0. The summed E-state index contributed by atoms with van der Waals surface area (Å²) in [4.78, 5) is 2.67. The van der Waals surface area contributed by atoms with Crippen molar-refractivity contribution >= 4 is 94.8 Å². The van der Waals surface area contributed by atoms with E-state index in [1.165, 1.54) is 99.7 Å². The number of fused-ring (bicyclic) bond motifs is 19. The summed E-state index contributed by atoms with van der Waals surface area (Å²) in [6, 6.07) is 52.6. The minimum absolute atomic E-state index is 0.0127. The molecule has 14 rings (SSSR count). The largest absolute Gasteiger partial charge is 0.456 e. The van der Waals surface area contributed by atoms with E-state index in [9.17, 15) is 0 Å². The highest BCUT2D eigenvalue weighted by Gasteiger charge is 2.48. The van der Waals surface area contributed by atoms with E-state index < -0.39 is 0 Å². The summed E-state index contributed by atoms with van der Waals surface area (Å²) in [5, 5.41) is 6.98. The Morgan fingerprint density at radius 2 is 1.20 bits per heavy atom. The van der Waals surface area contributed by atoms with Crippen LogP contribution in [0.5, 0.6) is 0 Å². The average Bonchev–Trinajstić information content (AvgIpc) is 4.01. The van der Waals surface area contributed by atoms with Crippen LogP contribution < -0.4 is 15.7 Å². The Bertz CT molecular complexity index is 3900. The Balaban J connectivity index is 1.23. The summed E-state index contributed by atoms with van der Waals surface area (Å²) in [6.45, 7) is 18.4. The summed E-state index contributed by atoms with van der Waals surface area (Å²) >= 11 is 0. The van der Waals surface area contributed by atoms with Gasteiger partial charge in [0.1, 0.15) is 22.3 Å². The predicted molar refractivity (Wildman–Crippen MR) is 269 cm³/mol. The van der Waals surface area contributed by atoms with E-state index in [0.29, 0.717) is 0 Å². The van der Waals surface area contributed by atoms with Gasteiger partial charge in [-0.1, -0.05) is 134 Å². The number of anilines is 2. The number of nitrogens with zero attached hydrogens (tertiary/aromatic N) is 2. The van der Waals surface area contributed by atoms with Crippen molar-refractivity contribution in [3.05, 3.63) is 162 Å². The van der Waals surface area contributed by atoms with Crippen LogP contribution in [-0.2, 0) is 16.2 Å². The zero-order valence-corrected chi connectivity index (χ0v) is 37.6. The van der Waals surface area contributed by atoms with E-state index in [-0.39, 0.29) is 23.1 Å². The van der Waals surface area contributed by atoms with Crippen LogP contribution in [0.1, 0.15) is 77.6 Å². The molecule has 0 unspecified atom stereocenters. The highest BCUT2D eigenvalue weighted by molar-refractivity contribution is 6.94. The number of benzene rings is 8. The highest BCUT2D eigenvalue weighted by Crippen LogP contribution is 2.57. The standard InChI is InChI=1S/C59H47BN2O2/c1-57(2,3)32-21-24-34(25-22-32)62-46-30-43-38(35-15-9-12-18-42(35)59(43,7)8)28-41(46)51-52-37-17-11-14-20-49(37)64-56(52)53-40-27-33(58(4,5)6)23-26-45(40)61-47-29-39-36-16-10-13-19-48(36)63-50(39)31-44(47)60(62)54(51)55(53)61/h9-31H,1-8H3. The molecule has 0 saturated heterocycles. The minimum atomic E-state index is -0.194. The molecule has 11 aromatic rings. The fourth-order valence-electron chi connectivity index (χ4n) is 12.1. The van der Waals surface area contributed by atoms with Crippen molar-refractivity contribution < 1.29 is 8.83 Å². The minimum Gasteiger partial charge on any atom is -0.456 e. The number of furan rings is 2.